The fourth-order valence-corrected chi connectivity index (χ4v) is 1.63. The van der Waals surface area contributed by atoms with Gasteiger partial charge in [0.1, 0.15) is 5.75 Å². The summed E-state index contributed by atoms with van der Waals surface area (Å²) >= 11 is 5.74. The molecule has 0 radical (unpaired) electrons. The summed E-state index contributed by atoms with van der Waals surface area (Å²) in [5, 5.41) is 19.0. The third kappa shape index (κ3) is 2.40. The van der Waals surface area contributed by atoms with Crippen LogP contribution in [0.3, 0.4) is 0 Å². The van der Waals surface area contributed by atoms with Crippen LogP contribution in [0, 0.1) is 5.92 Å². The van der Waals surface area contributed by atoms with Gasteiger partial charge in [-0.3, -0.25) is 0 Å². The Hall–Kier alpha value is -0.730. The van der Waals surface area contributed by atoms with Gasteiger partial charge < -0.3 is 10.2 Å². The molecular weight excluding hydrogens is 200 g/mol. The Kier molecular flexibility index (Phi) is 3.78. The fourth-order valence-electron chi connectivity index (χ4n) is 1.46. The van der Waals surface area contributed by atoms with Crippen molar-refractivity contribution in [3.63, 3.8) is 0 Å². The summed E-state index contributed by atoms with van der Waals surface area (Å²) in [4.78, 5) is 0. The van der Waals surface area contributed by atoms with E-state index in [-0.39, 0.29) is 12.4 Å². The number of aliphatic hydroxyl groups excluding tert-OH is 1. The number of aliphatic hydroxyl groups is 1. The monoisotopic (exact) mass is 214 g/mol. The third-order valence-electron chi connectivity index (χ3n) is 2.12. The van der Waals surface area contributed by atoms with Crippen molar-refractivity contribution in [3.8, 4) is 5.75 Å². The zero-order valence-corrected chi connectivity index (χ0v) is 9.17. The van der Waals surface area contributed by atoms with Crippen LogP contribution in [0.1, 0.15) is 25.0 Å². The minimum Gasteiger partial charge on any atom is -0.506 e. The van der Waals surface area contributed by atoms with E-state index in [0.717, 1.165) is 12.0 Å². The molecule has 2 N–H and O–H groups in total. The zero-order valence-electron chi connectivity index (χ0n) is 8.42. The Labute approximate surface area is 89.1 Å². The fraction of sp³-hybridized carbons (Fsp3) is 0.455. The van der Waals surface area contributed by atoms with Gasteiger partial charge in [-0.15, -0.1) is 0 Å². The quantitative estimate of drug-likeness (QED) is 0.813. The standard InChI is InChI=1S/C11H15ClO2/c1-7(2)5-8-3-4-10(12)11(14)9(8)6-13/h3-4,7,13-14H,5-6H2,1-2H3. The SMILES string of the molecule is CC(C)Cc1ccc(Cl)c(O)c1CO. The van der Waals surface area contributed by atoms with Gasteiger partial charge in [0.05, 0.1) is 11.6 Å². The average molecular weight is 215 g/mol. The van der Waals surface area contributed by atoms with Gasteiger partial charge in [-0.1, -0.05) is 31.5 Å². The van der Waals surface area contributed by atoms with Crippen LogP contribution < -0.4 is 0 Å². The smallest absolute Gasteiger partial charge is 0.139 e. The van der Waals surface area contributed by atoms with E-state index >= 15 is 0 Å². The molecule has 78 valence electrons. The molecule has 1 aromatic rings. The van der Waals surface area contributed by atoms with E-state index in [0.29, 0.717) is 16.5 Å². The minimum absolute atomic E-state index is 0.00677. The van der Waals surface area contributed by atoms with Crippen LogP contribution in [-0.2, 0) is 13.0 Å². The topological polar surface area (TPSA) is 40.5 Å². The van der Waals surface area contributed by atoms with Gasteiger partial charge in [-0.25, -0.2) is 0 Å². The van der Waals surface area contributed by atoms with Crippen molar-refractivity contribution in [1.82, 2.24) is 0 Å². The first-order valence-electron chi connectivity index (χ1n) is 4.66. The Morgan fingerprint density at radius 1 is 1.36 bits per heavy atom. The van der Waals surface area contributed by atoms with Gasteiger partial charge in [-0.05, 0) is 24.0 Å². The molecule has 0 aliphatic carbocycles. The lowest BCUT2D eigenvalue weighted by Crippen LogP contribution is -2.00. The van der Waals surface area contributed by atoms with Crippen LogP contribution in [0.25, 0.3) is 0 Å². The average Bonchev–Trinajstić information content (AvgIpc) is 2.11. The lowest BCUT2D eigenvalue weighted by atomic mass is 9.98. The number of benzene rings is 1. The maximum absolute atomic E-state index is 9.60. The second-order valence-electron chi connectivity index (χ2n) is 3.79. The number of phenols is 1. The summed E-state index contributed by atoms with van der Waals surface area (Å²) in [6.45, 7) is 4.01. The molecule has 2 nitrogen and oxygen atoms in total. The van der Waals surface area contributed by atoms with Gasteiger partial charge in [0.15, 0.2) is 0 Å². The number of hydrogen-bond donors (Lipinski definition) is 2. The first kappa shape index (κ1) is 11.3. The molecule has 0 aliphatic heterocycles. The van der Waals surface area contributed by atoms with Crippen molar-refractivity contribution in [3.05, 3.63) is 28.3 Å². The zero-order chi connectivity index (χ0) is 10.7. The maximum atomic E-state index is 9.60. The van der Waals surface area contributed by atoms with Crippen molar-refractivity contribution in [2.45, 2.75) is 26.9 Å². The van der Waals surface area contributed by atoms with Crippen molar-refractivity contribution in [2.75, 3.05) is 0 Å². The maximum Gasteiger partial charge on any atom is 0.139 e. The van der Waals surface area contributed by atoms with Crippen LogP contribution in [0.2, 0.25) is 5.02 Å². The van der Waals surface area contributed by atoms with E-state index in [1.165, 1.54) is 0 Å². The van der Waals surface area contributed by atoms with Gasteiger partial charge >= 0.3 is 0 Å². The van der Waals surface area contributed by atoms with Crippen molar-refractivity contribution in [1.29, 1.82) is 0 Å². The molecule has 0 saturated heterocycles. The summed E-state index contributed by atoms with van der Waals surface area (Å²) in [7, 11) is 0. The van der Waals surface area contributed by atoms with Gasteiger partial charge in [-0.2, -0.15) is 0 Å². The Bertz CT molecular complexity index is 321. The first-order chi connectivity index (χ1) is 6.56. The third-order valence-corrected chi connectivity index (χ3v) is 2.42. The molecule has 0 aromatic heterocycles. The van der Waals surface area contributed by atoms with Crippen LogP contribution >= 0.6 is 11.6 Å². The molecule has 0 aliphatic rings. The van der Waals surface area contributed by atoms with Crippen molar-refractivity contribution < 1.29 is 10.2 Å². The highest BCUT2D eigenvalue weighted by atomic mass is 35.5. The van der Waals surface area contributed by atoms with Crippen LogP contribution in [0.15, 0.2) is 12.1 Å². The second kappa shape index (κ2) is 4.67. The summed E-state index contributed by atoms with van der Waals surface area (Å²) in [5.41, 5.74) is 1.51. The summed E-state index contributed by atoms with van der Waals surface area (Å²) < 4.78 is 0. The van der Waals surface area contributed by atoms with Gasteiger partial charge in [0, 0.05) is 5.56 Å². The lowest BCUT2D eigenvalue weighted by molar-refractivity contribution is 0.274. The van der Waals surface area contributed by atoms with E-state index in [1.807, 2.05) is 6.07 Å². The predicted octanol–water partition coefficient (Wildman–Crippen LogP) is 2.74. The molecule has 0 fully saturated rings. The molecule has 3 heteroatoms. The number of aromatic hydroxyl groups is 1. The van der Waals surface area contributed by atoms with Crippen LogP contribution in [0.5, 0.6) is 5.75 Å². The van der Waals surface area contributed by atoms with E-state index in [1.54, 1.807) is 6.07 Å². The molecule has 14 heavy (non-hydrogen) atoms. The van der Waals surface area contributed by atoms with Crippen molar-refractivity contribution >= 4 is 11.6 Å². The first-order valence-corrected chi connectivity index (χ1v) is 5.04. The van der Waals surface area contributed by atoms with Crippen LogP contribution in [-0.4, -0.2) is 10.2 Å². The van der Waals surface area contributed by atoms with E-state index < -0.39 is 0 Å². The summed E-state index contributed by atoms with van der Waals surface area (Å²) in [6, 6.07) is 3.52. The number of rotatable bonds is 3. The molecule has 0 heterocycles. The predicted molar refractivity (Wildman–Crippen MR) is 57.6 cm³/mol. The van der Waals surface area contributed by atoms with Crippen molar-refractivity contribution in [2.24, 2.45) is 5.92 Å². The van der Waals surface area contributed by atoms with E-state index in [2.05, 4.69) is 13.8 Å². The van der Waals surface area contributed by atoms with E-state index in [4.69, 9.17) is 16.7 Å². The van der Waals surface area contributed by atoms with Gasteiger partial charge in [0.25, 0.3) is 0 Å². The molecular formula is C11H15ClO2. The van der Waals surface area contributed by atoms with E-state index in [9.17, 15) is 5.11 Å². The molecule has 0 bridgehead atoms. The summed E-state index contributed by atoms with van der Waals surface area (Å²) in [5.74, 6) is 0.494. The largest absolute Gasteiger partial charge is 0.506 e. The number of hydrogen-bond acceptors (Lipinski definition) is 2. The lowest BCUT2D eigenvalue weighted by Gasteiger charge is -2.12. The Morgan fingerprint density at radius 3 is 2.50 bits per heavy atom. The number of halogens is 1. The minimum atomic E-state index is -0.172. The van der Waals surface area contributed by atoms with Crippen LogP contribution in [0.4, 0.5) is 0 Å². The normalized spacial score (nSPS) is 10.9. The highest BCUT2D eigenvalue weighted by molar-refractivity contribution is 6.32. The Balaban J connectivity index is 3.10. The van der Waals surface area contributed by atoms with Gasteiger partial charge in [0.2, 0.25) is 0 Å². The molecule has 1 aromatic carbocycles. The molecule has 0 saturated carbocycles. The molecule has 0 spiro atoms. The summed E-state index contributed by atoms with van der Waals surface area (Å²) in [6.07, 6.45) is 0.834. The molecule has 0 amide bonds. The second-order valence-corrected chi connectivity index (χ2v) is 4.20. The highest BCUT2D eigenvalue weighted by Crippen LogP contribution is 2.31. The Morgan fingerprint density at radius 2 is 2.00 bits per heavy atom. The molecule has 1 rings (SSSR count). The highest BCUT2D eigenvalue weighted by Gasteiger charge is 2.11. The molecule has 0 unspecified atom stereocenters. The molecule has 0 atom stereocenters.